The van der Waals surface area contributed by atoms with Crippen molar-refractivity contribution in [1.82, 2.24) is 0 Å². The molecule has 0 spiro atoms. The molecule has 0 atom stereocenters. The molecule has 2 aromatic carbocycles. The fourth-order valence-corrected chi connectivity index (χ4v) is 4.52. The minimum atomic E-state index is -3.78. The lowest BCUT2D eigenvalue weighted by Crippen LogP contribution is -2.38. The fraction of sp³-hybridized carbons (Fsp3) is 0.316. The molecule has 0 aliphatic carbocycles. The molecule has 7 heteroatoms. The first kappa shape index (κ1) is 18.7. The SMILES string of the molecule is CC(C)(C)C(=O)N1CCc2cc(NS(=O)(=O)c3ccccc3Cl)ccc21. The standard InChI is InChI=1S/C19H21ClN2O3S/c1-19(2,3)18(23)22-11-10-13-12-14(8-9-16(13)22)21-26(24,25)17-7-5-4-6-15(17)20/h4-9,12,21H,10-11H2,1-3H3. The van der Waals surface area contributed by atoms with Gasteiger partial charge in [-0.15, -0.1) is 0 Å². The van der Waals surface area contributed by atoms with E-state index in [4.69, 9.17) is 11.6 Å². The summed E-state index contributed by atoms with van der Waals surface area (Å²) >= 11 is 6.00. The molecule has 0 radical (unpaired) electrons. The van der Waals surface area contributed by atoms with Crippen LogP contribution in [0.3, 0.4) is 0 Å². The molecule has 1 heterocycles. The summed E-state index contributed by atoms with van der Waals surface area (Å²) in [4.78, 5) is 14.4. The van der Waals surface area contributed by atoms with Gasteiger partial charge in [-0.3, -0.25) is 9.52 Å². The van der Waals surface area contributed by atoms with E-state index in [1.165, 1.54) is 12.1 Å². The van der Waals surface area contributed by atoms with Gasteiger partial charge in [-0.2, -0.15) is 0 Å². The smallest absolute Gasteiger partial charge is 0.263 e. The summed E-state index contributed by atoms with van der Waals surface area (Å²) < 4.78 is 27.7. The Balaban J connectivity index is 1.87. The second-order valence-electron chi connectivity index (χ2n) is 7.34. The molecular weight excluding hydrogens is 372 g/mol. The summed E-state index contributed by atoms with van der Waals surface area (Å²) in [6, 6.07) is 11.5. The molecule has 0 aromatic heterocycles. The van der Waals surface area contributed by atoms with E-state index in [1.54, 1.807) is 35.2 Å². The zero-order valence-electron chi connectivity index (χ0n) is 14.9. The summed E-state index contributed by atoms with van der Waals surface area (Å²) in [6.45, 7) is 6.27. The van der Waals surface area contributed by atoms with Gasteiger partial charge in [0.25, 0.3) is 10.0 Å². The molecule has 0 saturated heterocycles. The summed E-state index contributed by atoms with van der Waals surface area (Å²) in [5.74, 6) is 0.0562. The molecule has 138 valence electrons. The number of hydrogen-bond acceptors (Lipinski definition) is 3. The third-order valence-electron chi connectivity index (χ3n) is 4.24. The second-order valence-corrected chi connectivity index (χ2v) is 9.39. The van der Waals surface area contributed by atoms with E-state index < -0.39 is 15.4 Å². The number of nitrogens with zero attached hydrogens (tertiary/aromatic N) is 1. The van der Waals surface area contributed by atoms with Crippen molar-refractivity contribution in [3.05, 3.63) is 53.1 Å². The molecule has 26 heavy (non-hydrogen) atoms. The lowest BCUT2D eigenvalue weighted by molar-refractivity contribution is -0.125. The van der Waals surface area contributed by atoms with Crippen LogP contribution in [0.15, 0.2) is 47.4 Å². The Morgan fingerprint density at radius 1 is 1.15 bits per heavy atom. The number of rotatable bonds is 3. The Bertz CT molecular complexity index is 965. The molecule has 1 aliphatic heterocycles. The maximum atomic E-state index is 12.6. The highest BCUT2D eigenvalue weighted by Gasteiger charge is 2.32. The van der Waals surface area contributed by atoms with Crippen LogP contribution in [-0.2, 0) is 21.2 Å². The molecule has 0 fully saturated rings. The number of halogens is 1. The van der Waals surface area contributed by atoms with E-state index in [2.05, 4.69) is 4.72 Å². The molecule has 5 nitrogen and oxygen atoms in total. The van der Waals surface area contributed by atoms with Crippen molar-refractivity contribution >= 4 is 38.9 Å². The molecule has 0 saturated carbocycles. The molecule has 1 amide bonds. The van der Waals surface area contributed by atoms with Gasteiger partial charge >= 0.3 is 0 Å². The van der Waals surface area contributed by atoms with Gasteiger partial charge in [0.2, 0.25) is 5.91 Å². The van der Waals surface area contributed by atoms with E-state index in [0.29, 0.717) is 18.7 Å². The number of anilines is 2. The summed E-state index contributed by atoms with van der Waals surface area (Å²) in [5.41, 5.74) is 1.77. The largest absolute Gasteiger partial charge is 0.311 e. The second kappa shape index (κ2) is 6.59. The van der Waals surface area contributed by atoms with E-state index in [0.717, 1.165) is 11.3 Å². The van der Waals surface area contributed by atoms with Crippen LogP contribution in [0.5, 0.6) is 0 Å². The molecule has 3 rings (SSSR count). The number of amides is 1. The van der Waals surface area contributed by atoms with Crippen molar-refractivity contribution in [1.29, 1.82) is 0 Å². The third-order valence-corrected chi connectivity index (χ3v) is 6.12. The van der Waals surface area contributed by atoms with Crippen LogP contribution in [0.2, 0.25) is 5.02 Å². The lowest BCUT2D eigenvalue weighted by atomic mass is 9.94. The summed E-state index contributed by atoms with van der Waals surface area (Å²) in [5, 5.41) is 0.170. The number of sulfonamides is 1. The Morgan fingerprint density at radius 3 is 2.50 bits per heavy atom. The van der Waals surface area contributed by atoms with Gasteiger partial charge < -0.3 is 4.90 Å². The molecule has 2 aromatic rings. The molecule has 0 unspecified atom stereocenters. The number of nitrogens with one attached hydrogen (secondary N) is 1. The number of carbonyl (C=O) groups excluding carboxylic acids is 1. The van der Waals surface area contributed by atoms with Gasteiger partial charge in [0.05, 0.1) is 5.02 Å². The maximum Gasteiger partial charge on any atom is 0.263 e. The molecule has 0 bridgehead atoms. The van der Waals surface area contributed by atoms with Crippen LogP contribution in [0, 0.1) is 5.41 Å². The summed E-state index contributed by atoms with van der Waals surface area (Å²) in [7, 11) is -3.78. The Labute approximate surface area is 159 Å². The first-order chi connectivity index (χ1) is 12.1. The number of fused-ring (bicyclic) bond motifs is 1. The van der Waals surface area contributed by atoms with Crippen LogP contribution in [0.4, 0.5) is 11.4 Å². The lowest BCUT2D eigenvalue weighted by Gasteiger charge is -2.26. The molecule has 1 N–H and O–H groups in total. The molecular formula is C19H21ClN2O3S. The van der Waals surface area contributed by atoms with Gasteiger partial charge in [-0.25, -0.2) is 8.42 Å². The van der Waals surface area contributed by atoms with Crippen molar-refractivity contribution in [3.63, 3.8) is 0 Å². The molecule has 1 aliphatic rings. The van der Waals surface area contributed by atoms with Gasteiger partial charge in [-0.1, -0.05) is 44.5 Å². The van der Waals surface area contributed by atoms with Crippen molar-refractivity contribution in [2.24, 2.45) is 5.41 Å². The Hall–Kier alpha value is -2.05. The Morgan fingerprint density at radius 2 is 1.85 bits per heavy atom. The number of hydrogen-bond donors (Lipinski definition) is 1. The van der Waals surface area contributed by atoms with Crippen LogP contribution in [0.1, 0.15) is 26.3 Å². The van der Waals surface area contributed by atoms with Crippen molar-refractivity contribution < 1.29 is 13.2 Å². The van der Waals surface area contributed by atoms with Gasteiger partial charge in [0.15, 0.2) is 0 Å². The average Bonchev–Trinajstić information content (AvgIpc) is 2.96. The minimum Gasteiger partial charge on any atom is -0.311 e. The fourth-order valence-electron chi connectivity index (χ4n) is 2.95. The normalized spacial score (nSPS) is 14.2. The highest BCUT2D eigenvalue weighted by molar-refractivity contribution is 7.92. The highest BCUT2D eigenvalue weighted by atomic mass is 35.5. The minimum absolute atomic E-state index is 0.0340. The number of carbonyl (C=O) groups is 1. The average molecular weight is 393 g/mol. The quantitative estimate of drug-likeness (QED) is 0.855. The first-order valence-electron chi connectivity index (χ1n) is 8.32. The number of benzene rings is 2. The van der Waals surface area contributed by atoms with E-state index >= 15 is 0 Å². The predicted molar refractivity (Wildman–Crippen MR) is 104 cm³/mol. The monoisotopic (exact) mass is 392 g/mol. The predicted octanol–water partition coefficient (Wildman–Crippen LogP) is 4.08. The van der Waals surface area contributed by atoms with Crippen molar-refractivity contribution in [2.75, 3.05) is 16.2 Å². The highest BCUT2D eigenvalue weighted by Crippen LogP contribution is 2.34. The van der Waals surface area contributed by atoms with Crippen LogP contribution in [-0.4, -0.2) is 20.9 Å². The van der Waals surface area contributed by atoms with Crippen LogP contribution >= 0.6 is 11.6 Å². The van der Waals surface area contributed by atoms with Crippen molar-refractivity contribution in [2.45, 2.75) is 32.1 Å². The van der Waals surface area contributed by atoms with Gasteiger partial charge in [0, 0.05) is 23.3 Å². The zero-order valence-corrected chi connectivity index (χ0v) is 16.5. The van der Waals surface area contributed by atoms with Crippen molar-refractivity contribution in [3.8, 4) is 0 Å². The maximum absolute atomic E-state index is 12.6. The topological polar surface area (TPSA) is 66.5 Å². The van der Waals surface area contributed by atoms with Crippen LogP contribution in [0.25, 0.3) is 0 Å². The van der Waals surface area contributed by atoms with E-state index in [1.807, 2.05) is 20.8 Å². The van der Waals surface area contributed by atoms with Crippen LogP contribution < -0.4 is 9.62 Å². The third kappa shape index (κ3) is 3.57. The van der Waals surface area contributed by atoms with E-state index in [-0.39, 0.29) is 15.8 Å². The Kier molecular flexibility index (Phi) is 4.75. The summed E-state index contributed by atoms with van der Waals surface area (Å²) in [6.07, 6.45) is 0.693. The van der Waals surface area contributed by atoms with Gasteiger partial charge in [0.1, 0.15) is 4.90 Å². The van der Waals surface area contributed by atoms with Gasteiger partial charge in [-0.05, 0) is 42.3 Å². The van der Waals surface area contributed by atoms with E-state index in [9.17, 15) is 13.2 Å². The zero-order chi connectivity index (χ0) is 19.1. The first-order valence-corrected chi connectivity index (χ1v) is 10.2.